The lowest BCUT2D eigenvalue weighted by Gasteiger charge is -2.35. The number of benzene rings is 1. The monoisotopic (exact) mass is 288 g/mol. The highest BCUT2D eigenvalue weighted by molar-refractivity contribution is 5.31. The maximum atomic E-state index is 3.76. The molecule has 0 spiro atoms. The molecule has 1 N–H and O–H groups in total. The van der Waals surface area contributed by atoms with E-state index in [0.717, 1.165) is 13.1 Å². The molecule has 21 heavy (non-hydrogen) atoms. The third-order valence-corrected chi connectivity index (χ3v) is 4.76. The Morgan fingerprint density at radius 1 is 1.19 bits per heavy atom. The van der Waals surface area contributed by atoms with Crippen LogP contribution in [0.3, 0.4) is 0 Å². The summed E-state index contributed by atoms with van der Waals surface area (Å²) < 4.78 is 0. The maximum Gasteiger partial charge on any atom is 0.0449 e. The van der Waals surface area contributed by atoms with Crippen LogP contribution in [0.1, 0.15) is 62.8 Å². The quantitative estimate of drug-likeness (QED) is 0.843. The highest BCUT2D eigenvalue weighted by Gasteiger charge is 2.33. The molecule has 1 heterocycles. The summed E-state index contributed by atoms with van der Waals surface area (Å²) >= 11 is 0. The van der Waals surface area contributed by atoms with E-state index < -0.39 is 0 Å². The van der Waals surface area contributed by atoms with Crippen LogP contribution in [0.4, 0.5) is 0 Å². The fourth-order valence-corrected chi connectivity index (χ4v) is 3.54. The van der Waals surface area contributed by atoms with E-state index in [2.05, 4.69) is 63.0 Å². The van der Waals surface area contributed by atoms with E-state index in [1.165, 1.54) is 42.5 Å². The third-order valence-electron chi connectivity index (χ3n) is 4.76. The van der Waals surface area contributed by atoms with Crippen LogP contribution in [0.2, 0.25) is 0 Å². The first-order valence-corrected chi connectivity index (χ1v) is 8.49. The topological polar surface area (TPSA) is 15.3 Å². The van der Waals surface area contributed by atoms with Crippen molar-refractivity contribution < 1.29 is 0 Å². The lowest BCUT2D eigenvalue weighted by molar-refractivity contribution is 0.156. The normalized spacial score (nSPS) is 19.9. The second-order valence-corrected chi connectivity index (χ2v) is 7.29. The lowest BCUT2D eigenvalue weighted by Crippen LogP contribution is -2.43. The largest absolute Gasteiger partial charge is 0.309 e. The smallest absolute Gasteiger partial charge is 0.0449 e. The van der Waals surface area contributed by atoms with Crippen LogP contribution in [0.15, 0.2) is 18.2 Å². The highest BCUT2D eigenvalue weighted by atomic mass is 15.2. The van der Waals surface area contributed by atoms with E-state index in [1.54, 1.807) is 0 Å². The molecule has 1 aromatic rings. The van der Waals surface area contributed by atoms with Crippen molar-refractivity contribution in [1.29, 1.82) is 0 Å². The number of nitrogens with zero attached hydrogens (tertiary/aromatic N) is 1. The molecule has 2 nitrogen and oxygen atoms in total. The van der Waals surface area contributed by atoms with Crippen molar-refractivity contribution in [3.8, 4) is 0 Å². The Morgan fingerprint density at radius 2 is 1.86 bits per heavy atom. The standard InChI is InChI=1S/C19H32N2/c1-6-9-20-18(14-21-10-7-8-19(21,4)5)17-12-15(2)11-16(3)13-17/h11-13,18,20H,6-10,14H2,1-5H3. The molecular formula is C19H32N2. The molecule has 0 saturated carbocycles. The van der Waals surface area contributed by atoms with Gasteiger partial charge in [-0.15, -0.1) is 0 Å². The molecule has 1 aliphatic heterocycles. The molecule has 1 atom stereocenters. The molecule has 0 bridgehead atoms. The molecule has 0 amide bonds. The zero-order valence-electron chi connectivity index (χ0n) is 14.5. The number of nitrogens with one attached hydrogen (secondary N) is 1. The molecule has 0 radical (unpaired) electrons. The first kappa shape index (κ1) is 16.5. The fourth-order valence-electron chi connectivity index (χ4n) is 3.54. The van der Waals surface area contributed by atoms with Gasteiger partial charge in [0.2, 0.25) is 0 Å². The molecule has 1 saturated heterocycles. The van der Waals surface area contributed by atoms with Gasteiger partial charge in [-0.05, 0) is 65.6 Å². The van der Waals surface area contributed by atoms with E-state index in [-0.39, 0.29) is 0 Å². The van der Waals surface area contributed by atoms with Crippen molar-refractivity contribution in [1.82, 2.24) is 10.2 Å². The summed E-state index contributed by atoms with van der Waals surface area (Å²) in [5, 5.41) is 3.76. The van der Waals surface area contributed by atoms with Crippen LogP contribution in [0.25, 0.3) is 0 Å². The SMILES string of the molecule is CCCNC(CN1CCCC1(C)C)c1cc(C)cc(C)c1. The molecule has 2 rings (SSSR count). The van der Waals surface area contributed by atoms with E-state index in [4.69, 9.17) is 0 Å². The van der Waals surface area contributed by atoms with Gasteiger partial charge in [0.1, 0.15) is 0 Å². The number of rotatable bonds is 6. The second kappa shape index (κ2) is 6.93. The van der Waals surface area contributed by atoms with Gasteiger partial charge < -0.3 is 5.32 Å². The minimum Gasteiger partial charge on any atom is -0.309 e. The lowest BCUT2D eigenvalue weighted by atomic mass is 9.98. The van der Waals surface area contributed by atoms with Crippen molar-refractivity contribution in [2.45, 2.75) is 65.5 Å². The van der Waals surface area contributed by atoms with Gasteiger partial charge in [0.25, 0.3) is 0 Å². The van der Waals surface area contributed by atoms with Crippen LogP contribution < -0.4 is 5.32 Å². The molecule has 1 aliphatic rings. The number of likely N-dealkylation sites (tertiary alicyclic amines) is 1. The number of aryl methyl sites for hydroxylation is 2. The van der Waals surface area contributed by atoms with Gasteiger partial charge in [0.05, 0.1) is 0 Å². The molecule has 1 unspecified atom stereocenters. The zero-order valence-corrected chi connectivity index (χ0v) is 14.5. The Kier molecular flexibility index (Phi) is 5.45. The first-order valence-electron chi connectivity index (χ1n) is 8.49. The summed E-state index contributed by atoms with van der Waals surface area (Å²) in [7, 11) is 0. The predicted octanol–water partition coefficient (Wildman–Crippen LogP) is 4.22. The summed E-state index contributed by atoms with van der Waals surface area (Å²) in [5.74, 6) is 0. The summed E-state index contributed by atoms with van der Waals surface area (Å²) in [6.45, 7) is 14.9. The predicted molar refractivity (Wildman–Crippen MR) is 91.8 cm³/mol. The van der Waals surface area contributed by atoms with E-state index in [0.29, 0.717) is 11.6 Å². The minimum absolute atomic E-state index is 0.352. The van der Waals surface area contributed by atoms with Crippen molar-refractivity contribution >= 4 is 0 Å². The summed E-state index contributed by atoms with van der Waals surface area (Å²) in [6.07, 6.45) is 3.84. The van der Waals surface area contributed by atoms with Gasteiger partial charge in [-0.2, -0.15) is 0 Å². The molecule has 118 valence electrons. The third kappa shape index (κ3) is 4.31. The number of hydrogen-bond donors (Lipinski definition) is 1. The van der Waals surface area contributed by atoms with Gasteiger partial charge in [0.15, 0.2) is 0 Å². The molecule has 1 fully saturated rings. The van der Waals surface area contributed by atoms with Gasteiger partial charge in [-0.1, -0.05) is 36.2 Å². The minimum atomic E-state index is 0.352. The molecule has 0 aliphatic carbocycles. The van der Waals surface area contributed by atoms with Crippen LogP contribution in [-0.4, -0.2) is 30.1 Å². The molecule has 1 aromatic carbocycles. The summed E-state index contributed by atoms with van der Waals surface area (Å²) in [4.78, 5) is 2.66. The van der Waals surface area contributed by atoms with Crippen LogP contribution in [-0.2, 0) is 0 Å². The van der Waals surface area contributed by atoms with Crippen molar-refractivity contribution in [2.75, 3.05) is 19.6 Å². The van der Waals surface area contributed by atoms with Crippen LogP contribution in [0, 0.1) is 13.8 Å². The fraction of sp³-hybridized carbons (Fsp3) is 0.684. The molecule has 2 heteroatoms. The highest BCUT2D eigenvalue weighted by Crippen LogP contribution is 2.30. The summed E-state index contributed by atoms with van der Waals surface area (Å²) in [5.41, 5.74) is 4.54. The second-order valence-electron chi connectivity index (χ2n) is 7.29. The van der Waals surface area contributed by atoms with Crippen molar-refractivity contribution in [3.05, 3.63) is 34.9 Å². The van der Waals surface area contributed by atoms with E-state index in [1.807, 2.05) is 0 Å². The van der Waals surface area contributed by atoms with Gasteiger partial charge in [-0.25, -0.2) is 0 Å². The van der Waals surface area contributed by atoms with Gasteiger partial charge >= 0.3 is 0 Å². The summed E-state index contributed by atoms with van der Waals surface area (Å²) in [6, 6.07) is 7.41. The molecule has 0 aromatic heterocycles. The Bertz CT molecular complexity index is 444. The Morgan fingerprint density at radius 3 is 2.38 bits per heavy atom. The average Bonchev–Trinajstić information content (AvgIpc) is 2.72. The Labute approximate surface area is 130 Å². The number of hydrogen-bond acceptors (Lipinski definition) is 2. The van der Waals surface area contributed by atoms with E-state index in [9.17, 15) is 0 Å². The van der Waals surface area contributed by atoms with E-state index >= 15 is 0 Å². The average molecular weight is 288 g/mol. The van der Waals surface area contributed by atoms with Crippen molar-refractivity contribution in [2.24, 2.45) is 0 Å². The Balaban J connectivity index is 2.17. The Hall–Kier alpha value is -0.860. The molecular weight excluding hydrogens is 256 g/mol. The van der Waals surface area contributed by atoms with Gasteiger partial charge in [0, 0.05) is 18.1 Å². The van der Waals surface area contributed by atoms with Crippen LogP contribution in [0.5, 0.6) is 0 Å². The van der Waals surface area contributed by atoms with Crippen LogP contribution >= 0.6 is 0 Å². The first-order chi connectivity index (χ1) is 9.92. The maximum absolute atomic E-state index is 3.76. The van der Waals surface area contributed by atoms with Gasteiger partial charge in [-0.3, -0.25) is 4.90 Å². The zero-order chi connectivity index (χ0) is 15.5. The van der Waals surface area contributed by atoms with Crippen molar-refractivity contribution in [3.63, 3.8) is 0 Å².